The predicted molar refractivity (Wildman–Crippen MR) is 60.4 cm³/mol. The molecule has 2 atom stereocenters. The number of carboxylic acids is 1. The molecule has 0 saturated carbocycles. The lowest BCUT2D eigenvalue weighted by Crippen LogP contribution is -2.46. The van der Waals surface area contributed by atoms with Crippen molar-refractivity contribution >= 4 is 12.0 Å². The van der Waals surface area contributed by atoms with Gasteiger partial charge in [-0.3, -0.25) is 5.10 Å². The summed E-state index contributed by atoms with van der Waals surface area (Å²) in [6.45, 7) is 3.48. The molecular weight excluding hydrogens is 224 g/mol. The molecular formula is C10H16N4O3. The zero-order valence-electron chi connectivity index (χ0n) is 9.73. The zero-order valence-corrected chi connectivity index (χ0v) is 9.73. The van der Waals surface area contributed by atoms with Crippen molar-refractivity contribution < 1.29 is 14.7 Å². The Morgan fingerprint density at radius 3 is 2.71 bits per heavy atom. The first-order chi connectivity index (χ1) is 8.04. The van der Waals surface area contributed by atoms with E-state index in [0.717, 1.165) is 5.56 Å². The Labute approximate surface area is 98.6 Å². The smallest absolute Gasteiger partial charge is 0.326 e. The van der Waals surface area contributed by atoms with Gasteiger partial charge < -0.3 is 15.7 Å². The molecule has 0 aliphatic heterocycles. The first-order valence-electron chi connectivity index (χ1n) is 5.33. The van der Waals surface area contributed by atoms with E-state index in [-0.39, 0.29) is 6.04 Å². The lowest BCUT2D eigenvalue weighted by atomic mass is 10.2. The summed E-state index contributed by atoms with van der Waals surface area (Å²) < 4.78 is 0. The van der Waals surface area contributed by atoms with Crippen molar-refractivity contribution in [2.45, 2.75) is 32.4 Å². The fraction of sp³-hybridized carbons (Fsp3) is 0.500. The number of rotatable bonds is 5. The van der Waals surface area contributed by atoms with Crippen LogP contribution < -0.4 is 10.6 Å². The highest BCUT2D eigenvalue weighted by Gasteiger charge is 2.18. The first-order valence-corrected chi connectivity index (χ1v) is 5.33. The molecule has 17 heavy (non-hydrogen) atoms. The van der Waals surface area contributed by atoms with Crippen molar-refractivity contribution in [1.29, 1.82) is 0 Å². The van der Waals surface area contributed by atoms with Crippen LogP contribution in [-0.4, -0.2) is 33.3 Å². The molecule has 7 nitrogen and oxygen atoms in total. The van der Waals surface area contributed by atoms with Crippen molar-refractivity contribution in [1.82, 2.24) is 20.8 Å². The standard InChI is InChI=1S/C10H16N4O3/c1-3-8(9(15)16)14-10(17)13-6(2)7-4-11-12-5-7/h4-6,8H,3H2,1-2H3,(H,11,12)(H,15,16)(H2,13,14,17)/t6?,8-/m1/s1. The van der Waals surface area contributed by atoms with Gasteiger partial charge in [0, 0.05) is 11.8 Å². The summed E-state index contributed by atoms with van der Waals surface area (Å²) in [5.41, 5.74) is 0.823. The Balaban J connectivity index is 2.47. The second-order valence-electron chi connectivity index (χ2n) is 3.67. The Hall–Kier alpha value is -2.05. The van der Waals surface area contributed by atoms with E-state index in [4.69, 9.17) is 5.11 Å². The molecule has 7 heteroatoms. The fourth-order valence-corrected chi connectivity index (χ4v) is 1.32. The highest BCUT2D eigenvalue weighted by atomic mass is 16.4. The molecule has 2 amide bonds. The number of carboxylic acid groups (broad SMARTS) is 1. The summed E-state index contributed by atoms with van der Waals surface area (Å²) in [6, 6.07) is -1.61. The van der Waals surface area contributed by atoms with Crippen LogP contribution in [0.15, 0.2) is 12.4 Å². The van der Waals surface area contributed by atoms with Crippen LogP contribution in [0.1, 0.15) is 31.9 Å². The van der Waals surface area contributed by atoms with E-state index in [2.05, 4.69) is 20.8 Å². The average molecular weight is 240 g/mol. The monoisotopic (exact) mass is 240 g/mol. The Kier molecular flexibility index (Phi) is 4.50. The van der Waals surface area contributed by atoms with E-state index < -0.39 is 18.0 Å². The molecule has 0 aliphatic carbocycles. The van der Waals surface area contributed by atoms with E-state index in [9.17, 15) is 9.59 Å². The second-order valence-corrected chi connectivity index (χ2v) is 3.67. The zero-order chi connectivity index (χ0) is 12.8. The number of nitrogens with zero attached hydrogens (tertiary/aromatic N) is 1. The number of hydrogen-bond acceptors (Lipinski definition) is 3. The summed E-state index contributed by atoms with van der Waals surface area (Å²) in [4.78, 5) is 22.2. The molecule has 0 aromatic carbocycles. The number of aliphatic carboxylic acids is 1. The molecule has 0 spiro atoms. The van der Waals surface area contributed by atoms with Gasteiger partial charge >= 0.3 is 12.0 Å². The van der Waals surface area contributed by atoms with Gasteiger partial charge in [0.1, 0.15) is 6.04 Å². The van der Waals surface area contributed by atoms with Gasteiger partial charge in [0.05, 0.1) is 12.2 Å². The maximum Gasteiger partial charge on any atom is 0.326 e. The normalized spacial score (nSPS) is 13.8. The molecule has 0 fully saturated rings. The number of nitrogens with one attached hydrogen (secondary N) is 3. The van der Waals surface area contributed by atoms with Gasteiger partial charge in [-0.05, 0) is 13.3 Å². The van der Waals surface area contributed by atoms with Gasteiger partial charge in [-0.25, -0.2) is 9.59 Å². The van der Waals surface area contributed by atoms with Crippen LogP contribution in [0.25, 0.3) is 0 Å². The molecule has 94 valence electrons. The van der Waals surface area contributed by atoms with E-state index >= 15 is 0 Å². The maximum absolute atomic E-state index is 11.5. The third-order valence-electron chi connectivity index (χ3n) is 2.38. The molecule has 0 saturated heterocycles. The first kappa shape index (κ1) is 13.0. The average Bonchev–Trinajstić information content (AvgIpc) is 2.78. The number of H-pyrrole nitrogens is 1. The summed E-state index contributed by atoms with van der Waals surface area (Å²) in [5, 5.41) is 20.2. The molecule has 1 rings (SSSR count). The second kappa shape index (κ2) is 5.88. The third kappa shape index (κ3) is 3.78. The number of aromatic nitrogens is 2. The SMILES string of the molecule is CC[C@@H](NC(=O)NC(C)c1cn[nH]c1)C(=O)O. The summed E-state index contributed by atoms with van der Waals surface area (Å²) in [5.74, 6) is -1.04. The van der Waals surface area contributed by atoms with Crippen LogP contribution in [0.5, 0.6) is 0 Å². The minimum atomic E-state index is -1.04. The van der Waals surface area contributed by atoms with Gasteiger partial charge in [0.2, 0.25) is 0 Å². The van der Waals surface area contributed by atoms with Gasteiger partial charge in [-0.1, -0.05) is 6.92 Å². The number of urea groups is 1. The van der Waals surface area contributed by atoms with Gasteiger partial charge in [0.15, 0.2) is 0 Å². The van der Waals surface area contributed by atoms with E-state index in [1.165, 1.54) is 0 Å². The number of hydrogen-bond donors (Lipinski definition) is 4. The van der Waals surface area contributed by atoms with Crippen LogP contribution in [0.3, 0.4) is 0 Å². The largest absolute Gasteiger partial charge is 0.480 e. The quantitative estimate of drug-likeness (QED) is 0.605. The van der Waals surface area contributed by atoms with E-state index in [0.29, 0.717) is 6.42 Å². The lowest BCUT2D eigenvalue weighted by Gasteiger charge is -2.16. The molecule has 1 heterocycles. The molecule has 1 aromatic heterocycles. The van der Waals surface area contributed by atoms with Crippen LogP contribution in [-0.2, 0) is 4.79 Å². The van der Waals surface area contributed by atoms with Crippen LogP contribution in [0.2, 0.25) is 0 Å². The van der Waals surface area contributed by atoms with Crippen LogP contribution in [0, 0.1) is 0 Å². The summed E-state index contributed by atoms with van der Waals surface area (Å²) in [7, 11) is 0. The van der Waals surface area contributed by atoms with Crippen molar-refractivity contribution in [3.63, 3.8) is 0 Å². The number of amides is 2. The van der Waals surface area contributed by atoms with Gasteiger partial charge in [0.25, 0.3) is 0 Å². The minimum absolute atomic E-state index is 0.236. The van der Waals surface area contributed by atoms with Crippen molar-refractivity contribution in [3.05, 3.63) is 18.0 Å². The summed E-state index contributed by atoms with van der Waals surface area (Å²) in [6.07, 6.45) is 3.60. The van der Waals surface area contributed by atoms with E-state index in [1.54, 1.807) is 26.2 Å². The fourth-order valence-electron chi connectivity index (χ4n) is 1.32. The van der Waals surface area contributed by atoms with Crippen molar-refractivity contribution in [2.75, 3.05) is 0 Å². The van der Waals surface area contributed by atoms with Crippen molar-refractivity contribution in [2.24, 2.45) is 0 Å². The van der Waals surface area contributed by atoms with Crippen molar-refractivity contribution in [3.8, 4) is 0 Å². The Morgan fingerprint density at radius 1 is 1.53 bits per heavy atom. The number of aromatic amines is 1. The molecule has 1 unspecified atom stereocenters. The summed E-state index contributed by atoms with van der Waals surface area (Å²) >= 11 is 0. The maximum atomic E-state index is 11.5. The Bertz CT molecular complexity index is 377. The minimum Gasteiger partial charge on any atom is -0.480 e. The Morgan fingerprint density at radius 2 is 2.24 bits per heavy atom. The van der Waals surface area contributed by atoms with E-state index in [1.807, 2.05) is 0 Å². The molecule has 4 N–H and O–H groups in total. The van der Waals surface area contributed by atoms with Crippen LogP contribution in [0.4, 0.5) is 4.79 Å². The van der Waals surface area contributed by atoms with Gasteiger partial charge in [-0.15, -0.1) is 0 Å². The topological polar surface area (TPSA) is 107 Å². The third-order valence-corrected chi connectivity index (χ3v) is 2.38. The molecule has 1 aromatic rings. The molecule has 0 radical (unpaired) electrons. The van der Waals surface area contributed by atoms with Gasteiger partial charge in [-0.2, -0.15) is 5.10 Å². The number of carbonyl (C=O) groups is 2. The highest BCUT2D eigenvalue weighted by Crippen LogP contribution is 2.08. The highest BCUT2D eigenvalue weighted by molar-refractivity contribution is 5.82. The molecule has 0 bridgehead atoms. The van der Waals surface area contributed by atoms with Crippen LogP contribution >= 0.6 is 0 Å². The lowest BCUT2D eigenvalue weighted by molar-refractivity contribution is -0.139. The number of carbonyl (C=O) groups excluding carboxylic acids is 1. The molecule has 0 aliphatic rings. The predicted octanol–water partition coefficient (Wildman–Crippen LogP) is 0.633.